The molecular weight excluding hydrogens is 767 g/mol. The van der Waals surface area contributed by atoms with E-state index in [4.69, 9.17) is 4.74 Å². The zero-order valence-electron chi connectivity index (χ0n) is 41.4. The summed E-state index contributed by atoms with van der Waals surface area (Å²) >= 11 is 0. The Morgan fingerprint density at radius 3 is 1.18 bits per heavy atom. The normalized spacial score (nSPS) is 12.9. The highest BCUT2D eigenvalue weighted by Gasteiger charge is 2.18. The number of aliphatic hydroxyl groups is 2. The minimum atomic E-state index is -0.852. The maximum Gasteiger partial charge on any atom is 0.305 e. The number of aliphatic hydroxyl groups excluding tert-OH is 2. The quantitative estimate of drug-likeness (QED) is 0.0321. The summed E-state index contributed by atoms with van der Waals surface area (Å²) < 4.78 is 5.45. The van der Waals surface area contributed by atoms with E-state index >= 15 is 0 Å². The molecule has 2 atom stereocenters. The van der Waals surface area contributed by atoms with E-state index in [1.54, 1.807) is 6.08 Å². The number of rotatable bonds is 50. The van der Waals surface area contributed by atoms with Gasteiger partial charge in [-0.1, -0.05) is 224 Å². The van der Waals surface area contributed by atoms with Crippen LogP contribution >= 0.6 is 0 Å². The Morgan fingerprint density at radius 1 is 0.435 bits per heavy atom. The second kappa shape index (κ2) is 51.7. The van der Waals surface area contributed by atoms with Crippen molar-refractivity contribution in [3.63, 3.8) is 0 Å². The van der Waals surface area contributed by atoms with Gasteiger partial charge in [-0.2, -0.15) is 0 Å². The molecule has 6 heteroatoms. The number of esters is 1. The Balaban J connectivity index is 3.51. The van der Waals surface area contributed by atoms with Crippen LogP contribution in [-0.2, 0) is 14.3 Å². The fraction of sp³-hybridized carbons (Fsp3) is 0.857. The molecule has 0 heterocycles. The van der Waals surface area contributed by atoms with E-state index in [2.05, 4.69) is 43.5 Å². The van der Waals surface area contributed by atoms with Gasteiger partial charge < -0.3 is 20.3 Å². The van der Waals surface area contributed by atoms with Crippen LogP contribution in [0.3, 0.4) is 0 Å². The van der Waals surface area contributed by atoms with Crippen LogP contribution in [0.4, 0.5) is 0 Å². The lowest BCUT2D eigenvalue weighted by molar-refractivity contribution is -0.143. The molecule has 0 aliphatic carbocycles. The lowest BCUT2D eigenvalue weighted by Gasteiger charge is -2.20. The first kappa shape index (κ1) is 60.1. The number of unbranched alkanes of at least 4 members (excludes halogenated alkanes) is 35. The summed E-state index contributed by atoms with van der Waals surface area (Å²) in [7, 11) is 0. The van der Waals surface area contributed by atoms with E-state index < -0.39 is 12.1 Å². The van der Waals surface area contributed by atoms with Crippen molar-refractivity contribution in [1.82, 2.24) is 5.32 Å². The van der Waals surface area contributed by atoms with Gasteiger partial charge in [0.25, 0.3) is 0 Å². The summed E-state index contributed by atoms with van der Waals surface area (Å²) in [6.07, 6.45) is 62.9. The molecule has 0 aromatic heterocycles. The summed E-state index contributed by atoms with van der Waals surface area (Å²) in [5.41, 5.74) is 0. The van der Waals surface area contributed by atoms with Gasteiger partial charge in [0, 0.05) is 12.8 Å². The molecule has 0 fully saturated rings. The van der Waals surface area contributed by atoms with Crippen molar-refractivity contribution in [2.45, 2.75) is 296 Å². The van der Waals surface area contributed by atoms with E-state index in [0.29, 0.717) is 19.4 Å². The molecule has 6 nitrogen and oxygen atoms in total. The van der Waals surface area contributed by atoms with Crippen LogP contribution in [0.5, 0.6) is 0 Å². The molecule has 0 saturated carbocycles. The second-order valence-corrected chi connectivity index (χ2v) is 18.5. The number of hydrogen-bond donors (Lipinski definition) is 3. The molecule has 62 heavy (non-hydrogen) atoms. The first-order valence-electron chi connectivity index (χ1n) is 27.3. The predicted molar refractivity (Wildman–Crippen MR) is 269 cm³/mol. The van der Waals surface area contributed by atoms with Gasteiger partial charge in [-0.3, -0.25) is 9.59 Å². The van der Waals surface area contributed by atoms with Crippen LogP contribution < -0.4 is 5.32 Å². The third-order valence-electron chi connectivity index (χ3n) is 12.4. The van der Waals surface area contributed by atoms with Gasteiger partial charge in [-0.15, -0.1) is 0 Å². The van der Waals surface area contributed by atoms with E-state index in [1.165, 1.54) is 199 Å². The summed E-state index contributed by atoms with van der Waals surface area (Å²) in [6.45, 7) is 4.85. The highest BCUT2D eigenvalue weighted by atomic mass is 16.5. The molecule has 0 radical (unpaired) electrons. The number of allylic oxidation sites excluding steroid dienone is 5. The maximum absolute atomic E-state index is 12.4. The van der Waals surface area contributed by atoms with Crippen molar-refractivity contribution in [3.8, 4) is 0 Å². The highest BCUT2D eigenvalue weighted by molar-refractivity contribution is 5.76. The number of nitrogens with one attached hydrogen (secondary N) is 1. The summed E-state index contributed by atoms with van der Waals surface area (Å²) in [5.74, 6) is -0.0932. The van der Waals surface area contributed by atoms with Gasteiger partial charge >= 0.3 is 5.97 Å². The van der Waals surface area contributed by atoms with Gasteiger partial charge in [0.15, 0.2) is 0 Å². The Labute approximate surface area is 385 Å². The van der Waals surface area contributed by atoms with E-state index in [-0.39, 0.29) is 18.5 Å². The van der Waals surface area contributed by atoms with Crippen LogP contribution in [0.1, 0.15) is 284 Å². The second-order valence-electron chi connectivity index (χ2n) is 18.5. The van der Waals surface area contributed by atoms with Crippen molar-refractivity contribution in [1.29, 1.82) is 0 Å². The van der Waals surface area contributed by atoms with Crippen LogP contribution in [0, 0.1) is 0 Å². The van der Waals surface area contributed by atoms with Crippen LogP contribution in [-0.4, -0.2) is 47.4 Å². The average Bonchev–Trinajstić information content (AvgIpc) is 3.27. The number of carbonyl (C=O) groups excluding carboxylic acids is 2. The molecule has 3 N–H and O–H groups in total. The van der Waals surface area contributed by atoms with Gasteiger partial charge in [0.2, 0.25) is 5.91 Å². The lowest BCUT2D eigenvalue weighted by atomic mass is 10.0. The molecule has 0 bridgehead atoms. The Hall–Kier alpha value is -1.92. The molecule has 0 saturated heterocycles. The molecule has 0 aliphatic heterocycles. The number of ether oxygens (including phenoxy) is 1. The fourth-order valence-electron chi connectivity index (χ4n) is 8.15. The van der Waals surface area contributed by atoms with Crippen molar-refractivity contribution >= 4 is 11.9 Å². The van der Waals surface area contributed by atoms with E-state index in [0.717, 1.165) is 57.8 Å². The number of amides is 1. The Bertz CT molecular complexity index is 1010. The summed E-state index contributed by atoms with van der Waals surface area (Å²) in [6, 6.07) is -0.637. The number of hydrogen-bond acceptors (Lipinski definition) is 5. The molecular formula is C56H105NO5. The summed E-state index contributed by atoms with van der Waals surface area (Å²) in [5, 5.41) is 23.1. The molecule has 0 aromatic carbocycles. The molecule has 0 aliphatic rings. The lowest BCUT2D eigenvalue weighted by Crippen LogP contribution is -2.45. The topological polar surface area (TPSA) is 95.9 Å². The monoisotopic (exact) mass is 872 g/mol. The number of carbonyl (C=O) groups is 2. The Kier molecular flexibility index (Phi) is 50.1. The van der Waals surface area contributed by atoms with Gasteiger partial charge in [0.1, 0.15) is 0 Å². The van der Waals surface area contributed by atoms with Gasteiger partial charge in [0.05, 0.1) is 25.4 Å². The zero-order chi connectivity index (χ0) is 45.1. The average molecular weight is 872 g/mol. The minimum Gasteiger partial charge on any atom is -0.466 e. The SMILES string of the molecule is CCCCC/C=C\CCCCCCCC(=O)OCCCCCCCC/C=C\CCCCCCCCCC(=O)NC(CO)C(O)/C=C/CCCCCCCCCCCCCCCC. The van der Waals surface area contributed by atoms with Gasteiger partial charge in [-0.05, 0) is 83.5 Å². The molecule has 364 valence electrons. The standard InChI is InChI=1S/C56H105NO5/c1-3-5-7-9-11-13-15-17-18-22-25-28-32-36-40-44-48-54(59)53(52-58)57-55(60)49-45-41-37-33-29-26-23-20-19-21-24-27-31-35-39-43-47-51-62-56(61)50-46-42-38-34-30-16-14-12-10-8-6-4-2/h12,14,19,21,44,48,53-54,58-59H,3-11,13,15-18,20,22-43,45-47,49-52H2,1-2H3,(H,57,60)/b14-12-,21-19-,48-44+. The molecule has 0 aromatic rings. The molecule has 2 unspecified atom stereocenters. The maximum atomic E-state index is 12.4. The zero-order valence-corrected chi connectivity index (χ0v) is 41.4. The van der Waals surface area contributed by atoms with Crippen molar-refractivity contribution < 1.29 is 24.5 Å². The minimum absolute atomic E-state index is 0.0133. The summed E-state index contributed by atoms with van der Waals surface area (Å²) in [4.78, 5) is 24.4. The largest absolute Gasteiger partial charge is 0.466 e. The molecule has 0 rings (SSSR count). The smallest absolute Gasteiger partial charge is 0.305 e. The first-order chi connectivity index (χ1) is 30.5. The van der Waals surface area contributed by atoms with Crippen LogP contribution in [0.25, 0.3) is 0 Å². The van der Waals surface area contributed by atoms with Crippen LogP contribution in [0.2, 0.25) is 0 Å². The highest BCUT2D eigenvalue weighted by Crippen LogP contribution is 2.15. The van der Waals surface area contributed by atoms with Crippen LogP contribution in [0.15, 0.2) is 36.5 Å². The first-order valence-corrected chi connectivity index (χ1v) is 27.3. The van der Waals surface area contributed by atoms with E-state index in [9.17, 15) is 19.8 Å². The van der Waals surface area contributed by atoms with Crippen molar-refractivity contribution in [2.24, 2.45) is 0 Å². The predicted octanol–water partition coefficient (Wildman–Crippen LogP) is 16.5. The third kappa shape index (κ3) is 47.6. The van der Waals surface area contributed by atoms with E-state index in [1.807, 2.05) is 6.08 Å². The molecule has 1 amide bonds. The van der Waals surface area contributed by atoms with Crippen molar-refractivity contribution in [3.05, 3.63) is 36.5 Å². The molecule has 0 spiro atoms. The Morgan fingerprint density at radius 2 is 0.758 bits per heavy atom. The fourth-order valence-corrected chi connectivity index (χ4v) is 8.15. The van der Waals surface area contributed by atoms with Gasteiger partial charge in [-0.25, -0.2) is 0 Å². The van der Waals surface area contributed by atoms with Crippen molar-refractivity contribution in [2.75, 3.05) is 13.2 Å². The third-order valence-corrected chi connectivity index (χ3v) is 12.4.